The molecule has 0 radical (unpaired) electrons. The Bertz CT molecular complexity index is 2750. The third-order valence-electron chi connectivity index (χ3n) is 11.5. The summed E-state index contributed by atoms with van der Waals surface area (Å²) in [6.07, 6.45) is 4.89. The summed E-state index contributed by atoms with van der Waals surface area (Å²) in [5.41, 5.74) is 1.79. The Hall–Kier alpha value is -6.23. The number of esters is 6. The van der Waals surface area contributed by atoms with E-state index in [-0.39, 0.29) is 22.5 Å². The Morgan fingerprint density at radius 1 is 0.560 bits per heavy atom. The maximum Gasteiger partial charge on any atom is 0.303 e. The van der Waals surface area contributed by atoms with Gasteiger partial charge in [0.25, 0.3) is 0 Å². The highest BCUT2D eigenvalue weighted by atomic mass is 32.1. The number of thiocarbonyl (C=S) groups is 1. The van der Waals surface area contributed by atoms with Gasteiger partial charge in [0.05, 0.1) is 17.6 Å². The molecule has 2 aliphatic rings. The number of nitrogens with zero attached hydrogens (tertiary/aromatic N) is 6. The number of imidazole rings is 2. The molecule has 0 saturated carbocycles. The molecule has 6 rings (SSSR count). The minimum atomic E-state index is -1.05. The molecule has 412 valence electrons. The number of H-pyrrole nitrogens is 2. The van der Waals surface area contributed by atoms with Gasteiger partial charge in [-0.2, -0.15) is 0 Å². The molecule has 8 atom stereocenters. The van der Waals surface area contributed by atoms with Crippen LogP contribution in [-0.2, 0) is 66.7 Å². The number of rotatable bonds is 25. The Kier molecular flexibility index (Phi) is 23.2. The average Bonchev–Trinajstić information content (AvgIpc) is 4.11. The molecular formula is C47H67N11O14S3. The van der Waals surface area contributed by atoms with E-state index >= 15 is 0 Å². The highest BCUT2D eigenvalue weighted by molar-refractivity contribution is 7.80. The van der Waals surface area contributed by atoms with Crippen LogP contribution in [-0.4, -0.2) is 149 Å². The molecule has 25 nitrogen and oxygen atoms in total. The number of anilines is 2. The first-order valence-corrected chi connectivity index (χ1v) is 25.9. The van der Waals surface area contributed by atoms with E-state index < -0.39 is 84.9 Å². The summed E-state index contributed by atoms with van der Waals surface area (Å²) in [5, 5.41) is 9.65. The molecule has 0 spiro atoms. The molecule has 2 saturated heterocycles. The Labute approximate surface area is 448 Å². The summed E-state index contributed by atoms with van der Waals surface area (Å²) in [7, 11) is 0. The normalized spacial score (nSPS) is 20.9. The minimum absolute atomic E-state index is 0.198. The topological polar surface area (TPSA) is 305 Å². The lowest BCUT2D eigenvalue weighted by atomic mass is 10.1. The molecule has 75 heavy (non-hydrogen) atoms. The lowest BCUT2D eigenvalue weighted by molar-refractivity contribution is -0.166. The molecule has 0 amide bonds. The zero-order valence-corrected chi connectivity index (χ0v) is 45.7. The highest BCUT2D eigenvalue weighted by Crippen LogP contribution is 2.38. The molecule has 2 aliphatic heterocycles. The summed E-state index contributed by atoms with van der Waals surface area (Å²) in [4.78, 5) is 95.0. The van der Waals surface area contributed by atoms with Crippen LogP contribution in [0.25, 0.3) is 22.3 Å². The molecular weight excluding hydrogens is 1040 g/mol. The highest BCUT2D eigenvalue weighted by Gasteiger charge is 2.52. The molecule has 0 bridgehead atoms. The summed E-state index contributed by atoms with van der Waals surface area (Å²) < 4.78 is 48.1. The molecule has 28 heteroatoms. The molecule has 4 aromatic heterocycles. The van der Waals surface area contributed by atoms with E-state index in [1.54, 1.807) is 9.13 Å². The van der Waals surface area contributed by atoms with E-state index in [9.17, 15) is 28.8 Å². The van der Waals surface area contributed by atoms with Gasteiger partial charge in [0, 0.05) is 61.2 Å². The van der Waals surface area contributed by atoms with Crippen molar-refractivity contribution >= 4 is 112 Å². The number of nitrogens with one attached hydrogen (secondary N) is 5. The summed E-state index contributed by atoms with van der Waals surface area (Å²) >= 11 is 15.9. The number of fused-ring (bicyclic) bond motifs is 2. The molecule has 2 unspecified atom stereocenters. The largest absolute Gasteiger partial charge is 0.463 e. The van der Waals surface area contributed by atoms with E-state index in [4.69, 9.17) is 74.5 Å². The number of carbonyl (C=O) groups is 6. The van der Waals surface area contributed by atoms with Gasteiger partial charge in [-0.3, -0.25) is 37.9 Å². The van der Waals surface area contributed by atoms with Crippen molar-refractivity contribution in [2.45, 2.75) is 162 Å². The van der Waals surface area contributed by atoms with Gasteiger partial charge in [-0.1, -0.05) is 82.1 Å². The van der Waals surface area contributed by atoms with Gasteiger partial charge >= 0.3 is 35.8 Å². The predicted molar refractivity (Wildman–Crippen MR) is 279 cm³/mol. The summed E-state index contributed by atoms with van der Waals surface area (Å²) in [6.45, 7) is 13.3. The smallest absolute Gasteiger partial charge is 0.303 e. The number of aromatic nitrogens is 8. The van der Waals surface area contributed by atoms with Crippen LogP contribution < -0.4 is 16.0 Å². The van der Waals surface area contributed by atoms with Gasteiger partial charge in [-0.15, -0.1) is 0 Å². The van der Waals surface area contributed by atoms with Gasteiger partial charge in [0.1, 0.15) is 47.7 Å². The number of ether oxygens (including phenoxy) is 8. The number of hydrogen-bond donors (Lipinski definition) is 5. The van der Waals surface area contributed by atoms with E-state index in [1.807, 2.05) is 6.92 Å². The SMILES string of the molecule is CC(=O)OC[C@H]1O[C@@H](n2cnc3c(=S)nc(NCCCCCCNC(C)=S)[nH]c32)[C@@H](OC(C)=O)C1OC(C)=O.CCCCCCCNc1nc(=S)c2ncn([C@@H]3O[C@H](COC(C)=O)C(OC(C)=O)[C@@H]3OC(C)=O)c2[nH]1. The Morgan fingerprint density at radius 3 is 1.29 bits per heavy atom. The quantitative estimate of drug-likeness (QED) is 0.0223. The number of carbonyl (C=O) groups excluding carboxylic acids is 6. The molecule has 0 aliphatic carbocycles. The third-order valence-corrected chi connectivity index (χ3v) is 12.2. The number of hydrogen-bond acceptors (Lipinski definition) is 23. The van der Waals surface area contributed by atoms with Crippen molar-refractivity contribution in [3.63, 3.8) is 0 Å². The van der Waals surface area contributed by atoms with Gasteiger partial charge in [0.15, 0.2) is 46.2 Å². The van der Waals surface area contributed by atoms with Crippen molar-refractivity contribution in [1.29, 1.82) is 0 Å². The fraction of sp³-hybridized carbons (Fsp3) is 0.638. The van der Waals surface area contributed by atoms with E-state index in [1.165, 1.54) is 73.5 Å². The van der Waals surface area contributed by atoms with Crippen molar-refractivity contribution in [3.05, 3.63) is 21.9 Å². The van der Waals surface area contributed by atoms with Crippen LogP contribution in [0.3, 0.4) is 0 Å². The Morgan fingerprint density at radius 2 is 0.933 bits per heavy atom. The second-order valence-electron chi connectivity index (χ2n) is 17.7. The fourth-order valence-electron chi connectivity index (χ4n) is 8.27. The lowest BCUT2D eigenvalue weighted by Gasteiger charge is -2.23. The van der Waals surface area contributed by atoms with Crippen LogP contribution >= 0.6 is 36.7 Å². The molecule has 5 N–H and O–H groups in total. The van der Waals surface area contributed by atoms with Gasteiger partial charge in [-0.05, 0) is 26.2 Å². The first-order valence-electron chi connectivity index (χ1n) is 24.7. The van der Waals surface area contributed by atoms with Crippen molar-refractivity contribution < 1.29 is 66.7 Å². The minimum Gasteiger partial charge on any atom is -0.463 e. The van der Waals surface area contributed by atoms with E-state index in [0.29, 0.717) is 40.8 Å². The van der Waals surface area contributed by atoms with Gasteiger partial charge in [-0.25, -0.2) is 19.9 Å². The fourth-order valence-corrected chi connectivity index (χ4v) is 8.85. The second kappa shape index (κ2) is 29.2. The second-order valence-corrected chi connectivity index (χ2v) is 19.1. The zero-order valence-electron chi connectivity index (χ0n) is 43.3. The van der Waals surface area contributed by atoms with E-state index in [0.717, 1.165) is 56.6 Å². The van der Waals surface area contributed by atoms with Crippen LogP contribution in [0.4, 0.5) is 11.9 Å². The zero-order chi connectivity index (χ0) is 54.8. The van der Waals surface area contributed by atoms with Crippen LogP contribution in [0, 0.1) is 9.28 Å². The Balaban J connectivity index is 0.000000278. The third kappa shape index (κ3) is 17.7. The first-order chi connectivity index (χ1) is 35.8. The van der Waals surface area contributed by atoms with Crippen molar-refractivity contribution in [2.24, 2.45) is 0 Å². The molecule has 0 aromatic carbocycles. The molecule has 2 fully saturated rings. The standard InChI is InChI=1S/C24H34N6O7S2.C23H33N5O7S/c1-13(38)25-9-7-5-6-8-10-26-24-28-21-18(22(39)29-24)27-12-30(21)23-20(36-16(4)33)19(35-15(3)32)17(37-23)11-34-14(2)31;1-5-6-7-8-9-10-24-23-26-20-17(21(36)27-23)25-12-28(20)22-19(34-15(4)31)18(33-14(3)30)16(35-22)11-32-13(2)29/h12,17,19-20,23H,5-11H2,1-4H3,(H,25,38)(H2,26,28,29,39);12,16,18-19,22H,5-11H2,1-4H3,(H2,24,26,27,36)/t17-,19?,20+,23-;16-,18?,19+,22-/m11/s1. The van der Waals surface area contributed by atoms with Crippen molar-refractivity contribution in [3.8, 4) is 0 Å². The summed E-state index contributed by atoms with van der Waals surface area (Å²) in [5.74, 6) is -2.54. The maximum absolute atomic E-state index is 12.0. The lowest BCUT2D eigenvalue weighted by Crippen LogP contribution is -2.40. The van der Waals surface area contributed by atoms with Crippen molar-refractivity contribution in [2.75, 3.05) is 43.5 Å². The van der Waals surface area contributed by atoms with Crippen LogP contribution in [0.15, 0.2) is 12.7 Å². The van der Waals surface area contributed by atoms with Crippen molar-refractivity contribution in [1.82, 2.24) is 44.4 Å². The van der Waals surface area contributed by atoms with Gasteiger partial charge in [0.2, 0.25) is 11.9 Å². The first kappa shape index (κ1) is 59.6. The van der Waals surface area contributed by atoms with Crippen LogP contribution in [0.5, 0.6) is 0 Å². The summed E-state index contributed by atoms with van der Waals surface area (Å²) in [6, 6.07) is 0. The van der Waals surface area contributed by atoms with Crippen LogP contribution in [0.2, 0.25) is 0 Å². The monoisotopic (exact) mass is 1110 g/mol. The predicted octanol–water partition coefficient (Wildman–Crippen LogP) is 5.92. The molecule has 6 heterocycles. The van der Waals surface area contributed by atoms with E-state index in [2.05, 4.69) is 52.8 Å². The number of aromatic amines is 2. The van der Waals surface area contributed by atoms with Gasteiger partial charge < -0.3 is 63.8 Å². The molecule has 4 aromatic rings. The maximum atomic E-state index is 12.0. The number of unbranched alkanes of at least 4 members (excludes halogenated alkanes) is 7. The van der Waals surface area contributed by atoms with Crippen LogP contribution in [0.1, 0.15) is 126 Å². The average molecular weight is 1110 g/mol.